The zero-order valence-corrected chi connectivity index (χ0v) is 8.10. The van der Waals surface area contributed by atoms with Crippen LogP contribution < -0.4 is 5.73 Å². The molecule has 4 heteroatoms. The molecule has 0 saturated carbocycles. The summed E-state index contributed by atoms with van der Waals surface area (Å²) >= 11 is 3.00. The number of hydrogen-bond donors (Lipinski definition) is 2. The molecule has 0 saturated heterocycles. The second-order valence-electron chi connectivity index (χ2n) is 2.75. The van der Waals surface area contributed by atoms with Gasteiger partial charge in [-0.25, -0.2) is 4.39 Å². The lowest BCUT2D eigenvalue weighted by atomic mass is 10.1. The van der Waals surface area contributed by atoms with Crippen LogP contribution in [0.5, 0.6) is 0 Å². The molecule has 1 aromatic carbocycles. The lowest BCUT2D eigenvalue weighted by molar-refractivity contribution is 0.0607. The van der Waals surface area contributed by atoms with Gasteiger partial charge in [0.05, 0.1) is 4.47 Å². The standard InChI is InChI=1S/C8H9BrFNO/c1-8(11,12)5-3-2-4-6(9)7(5)10/h2-4,12H,11H2,1H3/t8-/m0/s1. The molecule has 0 fully saturated rings. The first-order valence-corrected chi connectivity index (χ1v) is 4.18. The Kier molecular flexibility index (Phi) is 2.51. The molecule has 3 N–H and O–H groups in total. The number of halogens is 2. The van der Waals surface area contributed by atoms with Gasteiger partial charge in [-0.3, -0.25) is 5.73 Å². The highest BCUT2D eigenvalue weighted by molar-refractivity contribution is 9.10. The van der Waals surface area contributed by atoms with Gasteiger partial charge in [-0.05, 0) is 28.9 Å². The second-order valence-corrected chi connectivity index (χ2v) is 3.60. The quantitative estimate of drug-likeness (QED) is 0.726. The SMILES string of the molecule is C[C@](N)(O)c1cccc(Br)c1F. The van der Waals surface area contributed by atoms with Crippen LogP contribution in [0.4, 0.5) is 4.39 Å². The summed E-state index contributed by atoms with van der Waals surface area (Å²) in [6.07, 6.45) is 0. The minimum absolute atomic E-state index is 0.0804. The van der Waals surface area contributed by atoms with Crippen molar-refractivity contribution in [2.75, 3.05) is 0 Å². The lowest BCUT2D eigenvalue weighted by Crippen LogP contribution is -2.33. The molecule has 0 bridgehead atoms. The zero-order valence-electron chi connectivity index (χ0n) is 6.51. The first kappa shape index (κ1) is 9.64. The van der Waals surface area contributed by atoms with Crippen LogP contribution in [0.2, 0.25) is 0 Å². The van der Waals surface area contributed by atoms with Crippen LogP contribution in [0.25, 0.3) is 0 Å². The van der Waals surface area contributed by atoms with Crippen molar-refractivity contribution in [1.29, 1.82) is 0 Å². The van der Waals surface area contributed by atoms with E-state index in [9.17, 15) is 9.50 Å². The maximum Gasteiger partial charge on any atom is 0.144 e. The summed E-state index contributed by atoms with van der Waals surface area (Å²) in [6, 6.07) is 4.61. The summed E-state index contributed by atoms with van der Waals surface area (Å²) in [6.45, 7) is 1.33. The number of hydrogen-bond acceptors (Lipinski definition) is 2. The van der Waals surface area contributed by atoms with E-state index in [1.165, 1.54) is 13.0 Å². The smallest absolute Gasteiger partial charge is 0.144 e. The molecule has 66 valence electrons. The second kappa shape index (κ2) is 3.12. The van der Waals surface area contributed by atoms with Crippen LogP contribution >= 0.6 is 15.9 Å². The molecule has 0 aliphatic rings. The molecular formula is C8H9BrFNO. The van der Waals surface area contributed by atoms with Crippen LogP contribution in [-0.4, -0.2) is 5.11 Å². The minimum atomic E-state index is -1.63. The van der Waals surface area contributed by atoms with Gasteiger partial charge in [-0.2, -0.15) is 0 Å². The van der Waals surface area contributed by atoms with Crippen molar-refractivity contribution in [3.8, 4) is 0 Å². The van der Waals surface area contributed by atoms with Gasteiger partial charge in [-0.1, -0.05) is 12.1 Å². The molecule has 1 aromatic rings. The van der Waals surface area contributed by atoms with Crippen LogP contribution in [-0.2, 0) is 5.72 Å². The van der Waals surface area contributed by atoms with Crippen molar-refractivity contribution >= 4 is 15.9 Å². The molecule has 0 unspecified atom stereocenters. The monoisotopic (exact) mass is 233 g/mol. The van der Waals surface area contributed by atoms with Gasteiger partial charge in [0, 0.05) is 5.56 Å². The topological polar surface area (TPSA) is 46.2 Å². The van der Waals surface area contributed by atoms with Gasteiger partial charge >= 0.3 is 0 Å². The van der Waals surface area contributed by atoms with Crippen LogP contribution in [0.3, 0.4) is 0 Å². The first-order chi connectivity index (χ1) is 5.43. The summed E-state index contributed by atoms with van der Waals surface area (Å²) in [5.41, 5.74) is 3.77. The fraction of sp³-hybridized carbons (Fsp3) is 0.250. The fourth-order valence-corrected chi connectivity index (χ4v) is 1.26. The summed E-state index contributed by atoms with van der Waals surface area (Å²) in [5.74, 6) is -0.523. The van der Waals surface area contributed by atoms with Crippen LogP contribution in [0.1, 0.15) is 12.5 Å². The van der Waals surface area contributed by atoms with Crippen molar-refractivity contribution < 1.29 is 9.50 Å². The largest absolute Gasteiger partial charge is 0.372 e. The van der Waals surface area contributed by atoms with Gasteiger partial charge in [-0.15, -0.1) is 0 Å². The Balaban J connectivity index is 3.26. The summed E-state index contributed by atoms with van der Waals surface area (Å²) in [5, 5.41) is 9.31. The third-order valence-corrected chi connectivity index (χ3v) is 2.11. The van der Waals surface area contributed by atoms with E-state index in [1.807, 2.05) is 0 Å². The van der Waals surface area contributed by atoms with E-state index in [0.717, 1.165) is 0 Å². The molecule has 0 radical (unpaired) electrons. The highest BCUT2D eigenvalue weighted by Crippen LogP contribution is 2.24. The predicted molar refractivity (Wildman–Crippen MR) is 47.9 cm³/mol. The maximum atomic E-state index is 13.2. The molecular weight excluding hydrogens is 225 g/mol. The average Bonchev–Trinajstić information content (AvgIpc) is 1.92. The normalized spacial score (nSPS) is 15.8. The van der Waals surface area contributed by atoms with Crippen molar-refractivity contribution in [2.24, 2.45) is 5.73 Å². The number of rotatable bonds is 1. The Hall–Kier alpha value is -0.450. The Morgan fingerprint density at radius 3 is 2.58 bits per heavy atom. The highest BCUT2D eigenvalue weighted by Gasteiger charge is 2.21. The van der Waals surface area contributed by atoms with E-state index < -0.39 is 11.5 Å². The van der Waals surface area contributed by atoms with Gasteiger partial charge in [0.2, 0.25) is 0 Å². The lowest BCUT2D eigenvalue weighted by Gasteiger charge is -2.18. The molecule has 1 rings (SSSR count). The molecule has 12 heavy (non-hydrogen) atoms. The molecule has 2 nitrogen and oxygen atoms in total. The van der Waals surface area contributed by atoms with E-state index in [1.54, 1.807) is 12.1 Å². The third kappa shape index (κ3) is 1.83. The Morgan fingerprint density at radius 2 is 2.17 bits per heavy atom. The van der Waals surface area contributed by atoms with Crippen molar-refractivity contribution in [1.82, 2.24) is 0 Å². The predicted octanol–water partition coefficient (Wildman–Crippen LogP) is 1.71. The molecule has 0 aliphatic heterocycles. The van der Waals surface area contributed by atoms with E-state index >= 15 is 0 Å². The average molecular weight is 234 g/mol. The molecule has 0 heterocycles. The zero-order chi connectivity index (χ0) is 9.35. The van der Waals surface area contributed by atoms with E-state index in [-0.39, 0.29) is 5.56 Å². The van der Waals surface area contributed by atoms with Crippen LogP contribution in [0, 0.1) is 5.82 Å². The van der Waals surface area contributed by atoms with E-state index in [0.29, 0.717) is 4.47 Å². The van der Waals surface area contributed by atoms with Crippen molar-refractivity contribution in [3.63, 3.8) is 0 Å². The molecule has 0 aliphatic carbocycles. The van der Waals surface area contributed by atoms with Gasteiger partial charge in [0.15, 0.2) is 0 Å². The fourth-order valence-electron chi connectivity index (χ4n) is 0.895. The summed E-state index contributed by atoms with van der Waals surface area (Å²) in [7, 11) is 0. The maximum absolute atomic E-state index is 13.2. The van der Waals surface area contributed by atoms with Gasteiger partial charge in [0.25, 0.3) is 0 Å². The minimum Gasteiger partial charge on any atom is -0.372 e. The van der Waals surface area contributed by atoms with E-state index in [2.05, 4.69) is 15.9 Å². The Labute approximate surface area is 78.3 Å². The van der Waals surface area contributed by atoms with Crippen molar-refractivity contribution in [2.45, 2.75) is 12.6 Å². The molecule has 0 spiro atoms. The summed E-state index contributed by atoms with van der Waals surface area (Å²) < 4.78 is 13.5. The third-order valence-electron chi connectivity index (χ3n) is 1.50. The van der Waals surface area contributed by atoms with Gasteiger partial charge in [0.1, 0.15) is 11.5 Å². The molecule has 0 aromatic heterocycles. The van der Waals surface area contributed by atoms with Crippen LogP contribution in [0.15, 0.2) is 22.7 Å². The highest BCUT2D eigenvalue weighted by atomic mass is 79.9. The first-order valence-electron chi connectivity index (χ1n) is 3.38. The number of aliphatic hydroxyl groups is 1. The Morgan fingerprint density at radius 1 is 1.58 bits per heavy atom. The van der Waals surface area contributed by atoms with E-state index in [4.69, 9.17) is 5.73 Å². The molecule has 0 amide bonds. The Bertz CT molecular complexity index is 296. The molecule has 1 atom stereocenters. The van der Waals surface area contributed by atoms with Crippen molar-refractivity contribution in [3.05, 3.63) is 34.1 Å². The summed E-state index contributed by atoms with van der Waals surface area (Å²) in [4.78, 5) is 0. The number of nitrogens with two attached hydrogens (primary N) is 1. The van der Waals surface area contributed by atoms with Gasteiger partial charge < -0.3 is 5.11 Å². The number of benzene rings is 1.